The van der Waals surface area contributed by atoms with Crippen molar-refractivity contribution in [3.63, 3.8) is 0 Å². The molecule has 0 aliphatic carbocycles. The Labute approximate surface area is 197 Å². The van der Waals surface area contributed by atoms with E-state index >= 15 is 0 Å². The summed E-state index contributed by atoms with van der Waals surface area (Å²) < 4.78 is 10.7. The summed E-state index contributed by atoms with van der Waals surface area (Å²) in [6.07, 6.45) is 2.43. The van der Waals surface area contributed by atoms with Gasteiger partial charge >= 0.3 is 18.0 Å². The van der Waals surface area contributed by atoms with Crippen molar-refractivity contribution in [2.24, 2.45) is 5.41 Å². The summed E-state index contributed by atoms with van der Waals surface area (Å²) in [5.41, 5.74) is -2.16. The normalized spacial score (nSPS) is 26.5. The van der Waals surface area contributed by atoms with Crippen LogP contribution in [0.25, 0.3) is 0 Å². The van der Waals surface area contributed by atoms with Gasteiger partial charge in [-0.25, -0.2) is 9.59 Å². The molecule has 1 unspecified atom stereocenters. The lowest BCUT2D eigenvalue weighted by molar-refractivity contribution is -0.172. The zero-order chi connectivity index (χ0) is 23.4. The molecular weight excluding hydrogens is 458 g/mol. The molecule has 0 bridgehead atoms. The minimum absolute atomic E-state index is 0.250. The van der Waals surface area contributed by atoms with Crippen LogP contribution in [0.2, 0.25) is 0 Å². The number of unbranched alkanes of at least 4 members (excludes halogenated alkanes) is 1. The van der Waals surface area contributed by atoms with Crippen LogP contribution in [0.4, 0.5) is 4.79 Å². The predicted molar refractivity (Wildman–Crippen MR) is 127 cm³/mol. The molecule has 2 heterocycles. The van der Waals surface area contributed by atoms with Gasteiger partial charge in [0.1, 0.15) is 0 Å². The summed E-state index contributed by atoms with van der Waals surface area (Å²) in [7, 11) is 3.84. The van der Waals surface area contributed by atoms with Crippen molar-refractivity contribution in [2.75, 3.05) is 11.5 Å². The number of ether oxygens (including phenoxy) is 2. The van der Waals surface area contributed by atoms with E-state index in [4.69, 9.17) is 9.47 Å². The number of hydrogen-bond donors (Lipinski definition) is 1. The van der Waals surface area contributed by atoms with Gasteiger partial charge < -0.3 is 14.6 Å². The fraction of sp³-hybridized carbons (Fsp3) is 0.857. The van der Waals surface area contributed by atoms with Gasteiger partial charge in [0.05, 0.1) is 4.87 Å². The summed E-state index contributed by atoms with van der Waals surface area (Å²) in [4.78, 5) is 38.1. The van der Waals surface area contributed by atoms with Gasteiger partial charge in [-0.15, -0.1) is 11.8 Å². The van der Waals surface area contributed by atoms with Crippen molar-refractivity contribution in [1.29, 1.82) is 0 Å². The summed E-state index contributed by atoms with van der Waals surface area (Å²) in [6.45, 7) is 10.5. The SMILES string of the molecule is CC(OC(=O)CCCC[C@@H]1CCSS1)OC(=O)N1C(C)(C)SC[C@@]1(C(=O)O)C(C)(C)C. The average molecular weight is 494 g/mol. The third-order valence-corrected chi connectivity index (χ3v) is 10.2. The van der Waals surface area contributed by atoms with E-state index < -0.39 is 40.1 Å². The van der Waals surface area contributed by atoms with Crippen LogP contribution in [0.5, 0.6) is 0 Å². The molecule has 2 rings (SSSR count). The molecule has 10 heteroatoms. The number of carboxylic acids is 1. The number of thioether (sulfide) groups is 1. The molecule has 0 aromatic carbocycles. The lowest BCUT2D eigenvalue weighted by atomic mass is 9.73. The topological polar surface area (TPSA) is 93.1 Å². The number of carbonyl (C=O) groups excluding carboxylic acids is 2. The third-order valence-electron chi connectivity index (χ3n) is 5.78. The van der Waals surface area contributed by atoms with E-state index in [9.17, 15) is 19.5 Å². The highest BCUT2D eigenvalue weighted by Gasteiger charge is 2.64. The van der Waals surface area contributed by atoms with Crippen molar-refractivity contribution in [3.8, 4) is 0 Å². The van der Waals surface area contributed by atoms with Crippen molar-refractivity contribution in [3.05, 3.63) is 0 Å². The highest BCUT2D eigenvalue weighted by molar-refractivity contribution is 8.77. The Morgan fingerprint density at radius 2 is 1.87 bits per heavy atom. The first-order valence-corrected chi connectivity index (χ1v) is 14.0. The second-order valence-corrected chi connectivity index (χ2v) is 13.9. The Morgan fingerprint density at radius 1 is 1.19 bits per heavy atom. The molecule has 2 aliphatic heterocycles. The molecule has 2 fully saturated rings. The van der Waals surface area contributed by atoms with Gasteiger partial charge in [-0.3, -0.25) is 9.69 Å². The highest BCUT2D eigenvalue weighted by atomic mass is 33.1. The molecule has 7 nitrogen and oxygen atoms in total. The standard InChI is InChI=1S/C21H35NO6S3/c1-14(27-16(23)10-8-7-9-15-11-12-30-31-15)28-18(26)22-20(5,6)29-13-21(22,17(24)25)19(2,3)4/h14-15H,7-13H2,1-6H3,(H,24,25)/t14?,15-,21-/m1/s1. The van der Waals surface area contributed by atoms with E-state index in [1.807, 2.05) is 21.6 Å². The van der Waals surface area contributed by atoms with Crippen LogP contribution in [0.3, 0.4) is 0 Å². The number of hydrogen-bond acceptors (Lipinski definition) is 8. The third kappa shape index (κ3) is 6.19. The zero-order valence-corrected chi connectivity index (χ0v) is 21.7. The van der Waals surface area contributed by atoms with Crippen LogP contribution < -0.4 is 0 Å². The number of amides is 1. The Balaban J connectivity index is 1.92. The van der Waals surface area contributed by atoms with E-state index in [-0.39, 0.29) is 12.2 Å². The molecule has 0 aromatic heterocycles. The first-order valence-electron chi connectivity index (χ1n) is 10.7. The van der Waals surface area contributed by atoms with Crippen molar-refractivity contribution in [2.45, 2.75) is 95.6 Å². The summed E-state index contributed by atoms with van der Waals surface area (Å²) in [5.74, 6) is -0.0344. The molecule has 2 saturated heterocycles. The van der Waals surface area contributed by atoms with Crippen molar-refractivity contribution < 1.29 is 29.0 Å². The van der Waals surface area contributed by atoms with Gasteiger partial charge in [0.2, 0.25) is 6.29 Å². The fourth-order valence-corrected chi connectivity index (χ4v) is 8.58. The fourth-order valence-electron chi connectivity index (χ4n) is 3.94. The molecule has 178 valence electrons. The highest BCUT2D eigenvalue weighted by Crippen LogP contribution is 2.52. The van der Waals surface area contributed by atoms with Crippen LogP contribution >= 0.6 is 33.3 Å². The van der Waals surface area contributed by atoms with E-state index in [0.717, 1.165) is 19.3 Å². The first-order chi connectivity index (χ1) is 14.3. The van der Waals surface area contributed by atoms with E-state index in [1.165, 1.54) is 35.8 Å². The molecule has 0 spiro atoms. The number of carboxylic acid groups (broad SMARTS) is 1. The molecular formula is C21H35NO6S3. The summed E-state index contributed by atoms with van der Waals surface area (Å²) >= 11 is 1.40. The van der Waals surface area contributed by atoms with Crippen molar-refractivity contribution >= 4 is 51.4 Å². The molecule has 2 aliphatic rings. The Kier molecular flexibility index (Phi) is 8.95. The van der Waals surface area contributed by atoms with Crippen molar-refractivity contribution in [1.82, 2.24) is 4.90 Å². The molecule has 0 radical (unpaired) electrons. The first kappa shape index (κ1) is 26.5. The molecule has 0 saturated carbocycles. The van der Waals surface area contributed by atoms with Crippen LogP contribution in [0.1, 0.15) is 73.6 Å². The van der Waals surface area contributed by atoms with Crippen LogP contribution in [0.15, 0.2) is 0 Å². The minimum atomic E-state index is -1.43. The van der Waals surface area contributed by atoms with Gasteiger partial charge in [-0.05, 0) is 38.5 Å². The average Bonchev–Trinajstić information content (AvgIpc) is 3.23. The maximum Gasteiger partial charge on any atom is 0.414 e. The smallest absolute Gasteiger partial charge is 0.414 e. The van der Waals surface area contributed by atoms with E-state index in [1.54, 1.807) is 34.6 Å². The Hall–Kier alpha value is -0.740. The second kappa shape index (κ2) is 10.5. The maximum atomic E-state index is 13.1. The van der Waals surface area contributed by atoms with E-state index in [2.05, 4.69) is 0 Å². The Morgan fingerprint density at radius 3 is 2.42 bits per heavy atom. The number of nitrogens with zero attached hydrogens (tertiary/aromatic N) is 1. The summed E-state index contributed by atoms with van der Waals surface area (Å²) in [5, 5.41) is 10.8. The predicted octanol–water partition coefficient (Wildman–Crippen LogP) is 5.38. The molecule has 1 amide bonds. The maximum absolute atomic E-state index is 13.1. The number of esters is 1. The summed E-state index contributed by atoms with van der Waals surface area (Å²) in [6, 6.07) is 0. The largest absolute Gasteiger partial charge is 0.479 e. The number of rotatable bonds is 8. The monoisotopic (exact) mass is 493 g/mol. The zero-order valence-electron chi connectivity index (χ0n) is 19.3. The van der Waals surface area contributed by atoms with Gasteiger partial charge in [0.25, 0.3) is 0 Å². The lowest BCUT2D eigenvalue weighted by Crippen LogP contribution is -2.66. The molecule has 31 heavy (non-hydrogen) atoms. The molecule has 0 aromatic rings. The molecule has 3 atom stereocenters. The minimum Gasteiger partial charge on any atom is -0.479 e. The van der Waals surface area contributed by atoms with Gasteiger partial charge in [0.15, 0.2) is 5.54 Å². The second-order valence-electron chi connectivity index (χ2n) is 9.50. The molecule has 1 N–H and O–H groups in total. The van der Waals surface area contributed by atoms with Gasteiger partial charge in [-0.2, -0.15) is 0 Å². The van der Waals surface area contributed by atoms with E-state index in [0.29, 0.717) is 5.25 Å². The Bertz CT molecular complexity index is 675. The lowest BCUT2D eigenvalue weighted by Gasteiger charge is -2.46. The van der Waals surface area contributed by atoms with Crippen LogP contribution in [-0.2, 0) is 19.1 Å². The van der Waals surface area contributed by atoms with Crippen LogP contribution in [0, 0.1) is 5.41 Å². The van der Waals surface area contributed by atoms with Crippen LogP contribution in [-0.4, -0.2) is 61.5 Å². The number of carbonyl (C=O) groups is 3. The van der Waals surface area contributed by atoms with Gasteiger partial charge in [0, 0.05) is 30.1 Å². The quantitative estimate of drug-likeness (QED) is 0.207. The van der Waals surface area contributed by atoms with Gasteiger partial charge in [-0.1, -0.05) is 48.8 Å². The number of aliphatic carboxylic acids is 1.